The smallest absolute Gasteiger partial charge is 0.342 e. The van der Waals surface area contributed by atoms with E-state index in [0.29, 0.717) is 25.8 Å². The summed E-state index contributed by atoms with van der Waals surface area (Å²) >= 11 is 0. The minimum Gasteiger partial charge on any atom is -0.477 e. The molecule has 1 aliphatic rings. The quantitative estimate of drug-likeness (QED) is 0.675. The molecule has 0 aromatic heterocycles. The third-order valence-electron chi connectivity index (χ3n) is 3.43. The lowest BCUT2D eigenvalue weighted by Gasteiger charge is -2.34. The molecule has 0 spiro atoms. The molecule has 1 unspecified atom stereocenters. The third kappa shape index (κ3) is 3.10. The number of benzene rings is 1. The van der Waals surface area contributed by atoms with Gasteiger partial charge in [0.05, 0.1) is 29.4 Å². The van der Waals surface area contributed by atoms with Crippen molar-refractivity contribution >= 4 is 17.3 Å². The molecular formula is C13H15FN2O5. The van der Waals surface area contributed by atoms with E-state index in [-0.39, 0.29) is 11.8 Å². The van der Waals surface area contributed by atoms with Crippen LogP contribution in [0, 0.1) is 15.9 Å². The van der Waals surface area contributed by atoms with Crippen molar-refractivity contribution < 1.29 is 24.0 Å². The second kappa shape index (κ2) is 6.04. The number of nitrogens with zero attached hydrogens (tertiary/aromatic N) is 2. The Kier molecular flexibility index (Phi) is 4.37. The SMILES string of the molecule is CCC1CN(c2cc(C(=O)O)c([N+](=O)[O-])cc2F)CCO1. The van der Waals surface area contributed by atoms with Gasteiger partial charge in [-0.2, -0.15) is 0 Å². The van der Waals surface area contributed by atoms with Crippen molar-refractivity contribution in [1.29, 1.82) is 0 Å². The Morgan fingerprint density at radius 2 is 2.33 bits per heavy atom. The number of ether oxygens (including phenoxy) is 1. The summed E-state index contributed by atoms with van der Waals surface area (Å²) in [6.45, 7) is 3.16. The van der Waals surface area contributed by atoms with Crippen LogP contribution in [-0.4, -0.2) is 41.8 Å². The van der Waals surface area contributed by atoms with Gasteiger partial charge in [0.15, 0.2) is 5.82 Å². The van der Waals surface area contributed by atoms with Crippen LogP contribution in [-0.2, 0) is 4.74 Å². The first-order valence-corrected chi connectivity index (χ1v) is 6.51. The fourth-order valence-electron chi connectivity index (χ4n) is 2.30. The summed E-state index contributed by atoms with van der Waals surface area (Å²) in [7, 11) is 0. The summed E-state index contributed by atoms with van der Waals surface area (Å²) in [5.74, 6) is -2.26. The van der Waals surface area contributed by atoms with Gasteiger partial charge >= 0.3 is 5.97 Å². The van der Waals surface area contributed by atoms with Crippen LogP contribution < -0.4 is 4.90 Å². The molecule has 0 amide bonds. The zero-order chi connectivity index (χ0) is 15.6. The monoisotopic (exact) mass is 298 g/mol. The number of carboxylic acids is 1. The second-order valence-corrected chi connectivity index (χ2v) is 4.73. The molecule has 0 bridgehead atoms. The first-order chi connectivity index (χ1) is 9.93. The van der Waals surface area contributed by atoms with E-state index in [4.69, 9.17) is 9.84 Å². The molecule has 114 valence electrons. The van der Waals surface area contributed by atoms with E-state index in [1.165, 1.54) is 0 Å². The van der Waals surface area contributed by atoms with Crippen molar-refractivity contribution in [2.45, 2.75) is 19.4 Å². The van der Waals surface area contributed by atoms with Crippen LogP contribution in [0.15, 0.2) is 12.1 Å². The normalized spacial score (nSPS) is 18.6. The van der Waals surface area contributed by atoms with E-state index in [9.17, 15) is 19.3 Å². The molecule has 1 aliphatic heterocycles. The fraction of sp³-hybridized carbons (Fsp3) is 0.462. The third-order valence-corrected chi connectivity index (χ3v) is 3.43. The summed E-state index contributed by atoms with van der Waals surface area (Å²) in [4.78, 5) is 22.7. The van der Waals surface area contributed by atoms with Crippen molar-refractivity contribution in [2.75, 3.05) is 24.6 Å². The van der Waals surface area contributed by atoms with Crippen molar-refractivity contribution in [3.63, 3.8) is 0 Å². The summed E-state index contributed by atoms with van der Waals surface area (Å²) in [5.41, 5.74) is -1.21. The Hall–Kier alpha value is -2.22. The van der Waals surface area contributed by atoms with Gasteiger partial charge in [-0.15, -0.1) is 0 Å². The van der Waals surface area contributed by atoms with Crippen LogP contribution >= 0.6 is 0 Å². The van der Waals surface area contributed by atoms with Gasteiger partial charge in [0.2, 0.25) is 0 Å². The minimum absolute atomic E-state index is 0.0553. The van der Waals surface area contributed by atoms with Gasteiger partial charge in [-0.25, -0.2) is 9.18 Å². The van der Waals surface area contributed by atoms with E-state index in [1.807, 2.05) is 6.92 Å². The Morgan fingerprint density at radius 1 is 1.62 bits per heavy atom. The molecule has 2 rings (SSSR count). The predicted octanol–water partition coefficient (Wildman–Crippen LogP) is 2.05. The highest BCUT2D eigenvalue weighted by molar-refractivity contribution is 5.93. The Morgan fingerprint density at radius 3 is 2.90 bits per heavy atom. The van der Waals surface area contributed by atoms with Gasteiger partial charge in [-0.1, -0.05) is 6.92 Å². The number of carboxylic acid groups (broad SMARTS) is 1. The number of rotatable bonds is 4. The predicted molar refractivity (Wildman–Crippen MR) is 72.3 cm³/mol. The molecule has 1 atom stereocenters. The molecule has 1 saturated heterocycles. The molecule has 1 heterocycles. The zero-order valence-electron chi connectivity index (χ0n) is 11.4. The van der Waals surface area contributed by atoms with Crippen LogP contribution in [0.1, 0.15) is 23.7 Å². The highest BCUT2D eigenvalue weighted by Crippen LogP contribution is 2.30. The molecule has 8 heteroatoms. The molecule has 1 N–H and O–H groups in total. The summed E-state index contributed by atoms with van der Waals surface area (Å²) < 4.78 is 19.6. The van der Waals surface area contributed by atoms with Crippen LogP contribution in [0.3, 0.4) is 0 Å². The number of nitro groups is 1. The Balaban J connectivity index is 2.42. The lowest BCUT2D eigenvalue weighted by molar-refractivity contribution is -0.385. The molecule has 0 aliphatic carbocycles. The minimum atomic E-state index is -1.46. The standard InChI is InChI=1S/C13H15FN2O5/c1-2-8-7-15(3-4-21-8)12-5-9(13(17)18)11(16(19)20)6-10(12)14/h5-6,8H,2-4,7H2,1H3,(H,17,18). The van der Waals surface area contributed by atoms with Crippen molar-refractivity contribution in [3.8, 4) is 0 Å². The molecule has 1 aromatic carbocycles. The van der Waals surface area contributed by atoms with E-state index < -0.39 is 28.0 Å². The van der Waals surface area contributed by atoms with Gasteiger partial charge in [0.25, 0.3) is 5.69 Å². The first kappa shape index (κ1) is 15.2. The number of hydrogen-bond donors (Lipinski definition) is 1. The van der Waals surface area contributed by atoms with Crippen molar-refractivity contribution in [3.05, 3.63) is 33.6 Å². The van der Waals surface area contributed by atoms with E-state index in [0.717, 1.165) is 12.5 Å². The van der Waals surface area contributed by atoms with Crippen LogP contribution in [0.5, 0.6) is 0 Å². The van der Waals surface area contributed by atoms with Gasteiger partial charge in [-0.05, 0) is 12.5 Å². The van der Waals surface area contributed by atoms with Crippen LogP contribution in [0.25, 0.3) is 0 Å². The van der Waals surface area contributed by atoms with Crippen LogP contribution in [0.2, 0.25) is 0 Å². The second-order valence-electron chi connectivity index (χ2n) is 4.73. The lowest BCUT2D eigenvalue weighted by atomic mass is 10.1. The van der Waals surface area contributed by atoms with E-state index in [2.05, 4.69) is 0 Å². The summed E-state index contributed by atoms with van der Waals surface area (Å²) in [6, 6.07) is 1.68. The highest BCUT2D eigenvalue weighted by atomic mass is 19.1. The van der Waals surface area contributed by atoms with Crippen molar-refractivity contribution in [1.82, 2.24) is 0 Å². The maximum Gasteiger partial charge on any atom is 0.342 e. The van der Waals surface area contributed by atoms with Gasteiger partial charge in [0, 0.05) is 13.1 Å². The largest absolute Gasteiger partial charge is 0.477 e. The summed E-state index contributed by atoms with van der Waals surface area (Å²) in [5, 5.41) is 19.9. The van der Waals surface area contributed by atoms with Gasteiger partial charge < -0.3 is 14.7 Å². The number of halogens is 1. The number of hydrogen-bond acceptors (Lipinski definition) is 5. The maximum atomic E-state index is 14.1. The molecule has 0 saturated carbocycles. The average Bonchev–Trinajstić information content (AvgIpc) is 2.46. The molecule has 1 aromatic rings. The van der Waals surface area contributed by atoms with E-state index >= 15 is 0 Å². The fourth-order valence-corrected chi connectivity index (χ4v) is 2.30. The average molecular weight is 298 g/mol. The lowest BCUT2D eigenvalue weighted by Crippen LogP contribution is -2.42. The number of anilines is 1. The Labute approximate surface area is 120 Å². The molecular weight excluding hydrogens is 283 g/mol. The number of carbonyl (C=O) groups is 1. The number of nitro benzene ring substituents is 1. The van der Waals surface area contributed by atoms with Crippen molar-refractivity contribution in [2.24, 2.45) is 0 Å². The Bertz CT molecular complexity index is 578. The molecule has 21 heavy (non-hydrogen) atoms. The highest BCUT2D eigenvalue weighted by Gasteiger charge is 2.27. The maximum absolute atomic E-state index is 14.1. The van der Waals surface area contributed by atoms with Gasteiger partial charge in [0.1, 0.15) is 5.56 Å². The number of morpholine rings is 1. The summed E-state index contributed by atoms with van der Waals surface area (Å²) in [6.07, 6.45) is 0.679. The first-order valence-electron chi connectivity index (χ1n) is 6.51. The molecule has 1 fully saturated rings. The van der Waals surface area contributed by atoms with E-state index in [1.54, 1.807) is 4.90 Å². The van der Waals surface area contributed by atoms with Gasteiger partial charge in [-0.3, -0.25) is 10.1 Å². The zero-order valence-corrected chi connectivity index (χ0v) is 11.4. The molecule has 0 radical (unpaired) electrons. The topological polar surface area (TPSA) is 92.9 Å². The molecule has 7 nitrogen and oxygen atoms in total. The van der Waals surface area contributed by atoms with Crippen LogP contribution in [0.4, 0.5) is 15.8 Å². The number of aromatic carboxylic acids is 1.